The standard InChI is InChI=1S/C13H19ClN4O/c1-9(2)17-4-5-18-10(8-17)3-6-19-13-12(18)15-7-11(14)16-13/h7,9-10H,3-6,8H2,1-2H3. The number of fused-ring (bicyclic) bond motifs is 3. The fraction of sp³-hybridized carbons (Fsp3) is 0.692. The smallest absolute Gasteiger partial charge is 0.259 e. The molecule has 1 fully saturated rings. The molecule has 0 amide bonds. The van der Waals surface area contributed by atoms with Crippen LogP contribution < -0.4 is 9.64 Å². The molecule has 1 atom stereocenters. The number of piperazine rings is 1. The lowest BCUT2D eigenvalue weighted by molar-refractivity contribution is 0.172. The first-order valence-corrected chi connectivity index (χ1v) is 7.19. The Balaban J connectivity index is 1.87. The molecule has 3 heterocycles. The summed E-state index contributed by atoms with van der Waals surface area (Å²) in [6.07, 6.45) is 2.60. The second-order valence-corrected chi connectivity index (χ2v) is 5.78. The van der Waals surface area contributed by atoms with Crippen LogP contribution in [0.25, 0.3) is 0 Å². The van der Waals surface area contributed by atoms with Crippen LogP contribution in [0.15, 0.2) is 6.20 Å². The van der Waals surface area contributed by atoms with E-state index in [1.165, 1.54) is 0 Å². The zero-order valence-electron chi connectivity index (χ0n) is 11.3. The average Bonchev–Trinajstić information content (AvgIpc) is 2.56. The first-order valence-electron chi connectivity index (χ1n) is 6.81. The van der Waals surface area contributed by atoms with Crippen LogP contribution in [0.1, 0.15) is 20.3 Å². The van der Waals surface area contributed by atoms with E-state index in [-0.39, 0.29) is 0 Å². The highest BCUT2D eigenvalue weighted by atomic mass is 35.5. The highest BCUT2D eigenvalue weighted by molar-refractivity contribution is 6.29. The Morgan fingerprint density at radius 1 is 1.42 bits per heavy atom. The van der Waals surface area contributed by atoms with E-state index in [0.717, 1.165) is 31.9 Å². The van der Waals surface area contributed by atoms with Crippen molar-refractivity contribution in [2.75, 3.05) is 31.1 Å². The van der Waals surface area contributed by atoms with E-state index in [1.54, 1.807) is 6.20 Å². The normalized spacial score (nSPS) is 23.6. The third-order valence-corrected chi connectivity index (χ3v) is 4.08. The maximum Gasteiger partial charge on any atom is 0.259 e. The molecule has 1 unspecified atom stereocenters. The third kappa shape index (κ3) is 2.49. The molecule has 0 spiro atoms. The van der Waals surface area contributed by atoms with Crippen molar-refractivity contribution < 1.29 is 4.74 Å². The van der Waals surface area contributed by atoms with Crippen molar-refractivity contribution in [1.29, 1.82) is 0 Å². The average molecular weight is 283 g/mol. The van der Waals surface area contributed by atoms with Crippen LogP contribution in [-0.4, -0.2) is 53.2 Å². The minimum atomic E-state index is 0.387. The second kappa shape index (κ2) is 5.13. The van der Waals surface area contributed by atoms with Crippen LogP contribution in [0.5, 0.6) is 5.88 Å². The van der Waals surface area contributed by atoms with Gasteiger partial charge in [0, 0.05) is 38.1 Å². The van der Waals surface area contributed by atoms with Crippen molar-refractivity contribution in [2.24, 2.45) is 0 Å². The van der Waals surface area contributed by atoms with Gasteiger partial charge in [-0.2, -0.15) is 4.98 Å². The molecule has 0 bridgehead atoms. The second-order valence-electron chi connectivity index (χ2n) is 5.39. The van der Waals surface area contributed by atoms with Gasteiger partial charge in [-0.15, -0.1) is 0 Å². The monoisotopic (exact) mass is 282 g/mol. The van der Waals surface area contributed by atoms with Crippen LogP contribution in [0.4, 0.5) is 5.82 Å². The van der Waals surface area contributed by atoms with Gasteiger partial charge in [0.05, 0.1) is 12.8 Å². The summed E-state index contributed by atoms with van der Waals surface area (Å²) >= 11 is 5.89. The predicted molar refractivity (Wildman–Crippen MR) is 75.0 cm³/mol. The van der Waals surface area contributed by atoms with Gasteiger partial charge >= 0.3 is 0 Å². The van der Waals surface area contributed by atoms with E-state index < -0.39 is 0 Å². The van der Waals surface area contributed by atoms with Crippen molar-refractivity contribution in [3.8, 4) is 5.88 Å². The van der Waals surface area contributed by atoms with Gasteiger partial charge in [-0.05, 0) is 13.8 Å². The lowest BCUT2D eigenvalue weighted by Crippen LogP contribution is -2.55. The van der Waals surface area contributed by atoms with Gasteiger partial charge in [0.25, 0.3) is 5.88 Å². The number of nitrogens with zero attached hydrogens (tertiary/aromatic N) is 4. The molecular weight excluding hydrogens is 264 g/mol. The van der Waals surface area contributed by atoms with Crippen LogP contribution in [-0.2, 0) is 0 Å². The lowest BCUT2D eigenvalue weighted by atomic mass is 10.1. The number of ether oxygens (including phenoxy) is 1. The van der Waals surface area contributed by atoms with Crippen molar-refractivity contribution in [3.05, 3.63) is 11.3 Å². The van der Waals surface area contributed by atoms with Crippen molar-refractivity contribution in [2.45, 2.75) is 32.4 Å². The minimum Gasteiger partial charge on any atom is -0.475 e. The summed E-state index contributed by atoms with van der Waals surface area (Å²) in [6, 6.07) is 1.04. The molecule has 104 valence electrons. The molecule has 3 rings (SSSR count). The molecule has 0 aliphatic carbocycles. The van der Waals surface area contributed by atoms with Gasteiger partial charge in [0.2, 0.25) is 0 Å². The zero-order valence-corrected chi connectivity index (χ0v) is 12.1. The summed E-state index contributed by atoms with van der Waals surface area (Å²) in [4.78, 5) is 13.5. The molecule has 5 nitrogen and oxygen atoms in total. The lowest BCUT2D eigenvalue weighted by Gasteiger charge is -2.42. The van der Waals surface area contributed by atoms with Crippen LogP contribution in [0, 0.1) is 0 Å². The van der Waals surface area contributed by atoms with Crippen molar-refractivity contribution >= 4 is 17.4 Å². The van der Waals surface area contributed by atoms with Gasteiger partial charge in [-0.3, -0.25) is 4.90 Å². The Hall–Kier alpha value is -1.07. The van der Waals surface area contributed by atoms with E-state index in [9.17, 15) is 0 Å². The van der Waals surface area contributed by atoms with E-state index in [2.05, 4.69) is 33.6 Å². The number of anilines is 1. The number of halogens is 1. The van der Waals surface area contributed by atoms with Crippen LogP contribution in [0.3, 0.4) is 0 Å². The van der Waals surface area contributed by atoms with E-state index in [0.29, 0.717) is 29.7 Å². The zero-order chi connectivity index (χ0) is 13.4. The Morgan fingerprint density at radius 3 is 3.05 bits per heavy atom. The summed E-state index contributed by atoms with van der Waals surface area (Å²) < 4.78 is 5.70. The Labute approximate surface area is 118 Å². The fourth-order valence-corrected chi connectivity index (χ4v) is 2.93. The highest BCUT2D eigenvalue weighted by Gasteiger charge is 2.33. The molecule has 0 aromatic carbocycles. The largest absolute Gasteiger partial charge is 0.475 e. The molecule has 2 aliphatic heterocycles. The molecular formula is C13H19ClN4O. The molecule has 1 aromatic rings. The number of hydrogen-bond acceptors (Lipinski definition) is 5. The Morgan fingerprint density at radius 2 is 2.26 bits per heavy atom. The van der Waals surface area contributed by atoms with Crippen LogP contribution >= 0.6 is 11.6 Å². The summed E-state index contributed by atoms with van der Waals surface area (Å²) in [5, 5.41) is 0.387. The maximum absolute atomic E-state index is 5.89. The van der Waals surface area contributed by atoms with E-state index in [4.69, 9.17) is 16.3 Å². The molecule has 0 N–H and O–H groups in total. The van der Waals surface area contributed by atoms with Crippen LogP contribution in [0.2, 0.25) is 5.15 Å². The van der Waals surface area contributed by atoms with Crippen molar-refractivity contribution in [3.63, 3.8) is 0 Å². The molecule has 1 saturated heterocycles. The van der Waals surface area contributed by atoms with Gasteiger partial charge < -0.3 is 9.64 Å². The van der Waals surface area contributed by atoms with Gasteiger partial charge in [0.15, 0.2) is 11.0 Å². The minimum absolute atomic E-state index is 0.387. The summed E-state index contributed by atoms with van der Waals surface area (Å²) in [6.45, 7) is 8.25. The summed E-state index contributed by atoms with van der Waals surface area (Å²) in [5.74, 6) is 1.42. The number of rotatable bonds is 1. The van der Waals surface area contributed by atoms with E-state index in [1.807, 2.05) is 0 Å². The predicted octanol–water partition coefficient (Wildman–Crippen LogP) is 1.81. The number of hydrogen-bond donors (Lipinski definition) is 0. The fourth-order valence-electron chi connectivity index (χ4n) is 2.81. The SMILES string of the molecule is CC(C)N1CCN2c3ncc(Cl)nc3OCCC2C1. The summed E-state index contributed by atoms with van der Waals surface area (Å²) in [5.41, 5.74) is 0. The molecule has 6 heteroatoms. The Bertz CT molecular complexity index is 468. The van der Waals surface area contributed by atoms with Gasteiger partial charge in [-0.1, -0.05) is 11.6 Å². The first kappa shape index (κ1) is 12.9. The Kier molecular flexibility index (Phi) is 3.50. The van der Waals surface area contributed by atoms with E-state index >= 15 is 0 Å². The third-order valence-electron chi connectivity index (χ3n) is 3.90. The maximum atomic E-state index is 5.89. The van der Waals surface area contributed by atoms with Gasteiger partial charge in [0.1, 0.15) is 0 Å². The topological polar surface area (TPSA) is 41.5 Å². The molecule has 2 aliphatic rings. The highest BCUT2D eigenvalue weighted by Crippen LogP contribution is 2.32. The van der Waals surface area contributed by atoms with Gasteiger partial charge in [-0.25, -0.2) is 4.98 Å². The first-order chi connectivity index (χ1) is 9.15. The quantitative estimate of drug-likeness (QED) is 0.786. The van der Waals surface area contributed by atoms with Crippen molar-refractivity contribution in [1.82, 2.24) is 14.9 Å². The molecule has 0 saturated carbocycles. The molecule has 1 aromatic heterocycles. The number of aromatic nitrogens is 2. The molecule has 0 radical (unpaired) electrons. The molecule has 19 heavy (non-hydrogen) atoms. The summed E-state index contributed by atoms with van der Waals surface area (Å²) in [7, 11) is 0.